The topological polar surface area (TPSA) is 145 Å². The summed E-state index contributed by atoms with van der Waals surface area (Å²) in [6, 6.07) is 18.3. The van der Waals surface area contributed by atoms with E-state index in [1.165, 1.54) is 30.6 Å². The van der Waals surface area contributed by atoms with Gasteiger partial charge < -0.3 is 29.7 Å². The van der Waals surface area contributed by atoms with Gasteiger partial charge in [0.2, 0.25) is 5.78 Å². The van der Waals surface area contributed by atoms with E-state index in [9.17, 15) is 27.2 Å². The summed E-state index contributed by atoms with van der Waals surface area (Å²) in [6.07, 6.45) is -1.42. The zero-order chi connectivity index (χ0) is 38.1. The number of likely N-dealkylation sites (N-methyl/N-ethyl adjacent to an activating group) is 1. The lowest BCUT2D eigenvalue weighted by Crippen LogP contribution is -2.39. The van der Waals surface area contributed by atoms with Crippen LogP contribution < -0.4 is 21.4 Å². The van der Waals surface area contributed by atoms with E-state index in [1.54, 1.807) is 71.1 Å². The van der Waals surface area contributed by atoms with Crippen molar-refractivity contribution in [1.82, 2.24) is 19.4 Å². The predicted molar refractivity (Wildman–Crippen MR) is 193 cm³/mol. The molecule has 0 bridgehead atoms. The van der Waals surface area contributed by atoms with Crippen molar-refractivity contribution in [3.63, 3.8) is 0 Å². The van der Waals surface area contributed by atoms with Crippen LogP contribution in [-0.2, 0) is 11.3 Å². The number of piperidine rings is 1. The second-order valence-corrected chi connectivity index (χ2v) is 13.0. The molecule has 284 valence electrons. The first-order chi connectivity index (χ1) is 25.4. The normalized spacial score (nSPS) is 14.8. The van der Waals surface area contributed by atoms with Crippen molar-refractivity contribution in [3.8, 4) is 5.75 Å². The Balaban J connectivity index is 1.23. The number of carbonyl (C=O) groups is 2. The number of rotatable bonds is 16. The molecule has 1 aliphatic heterocycles. The van der Waals surface area contributed by atoms with E-state index in [1.807, 2.05) is 0 Å². The molecule has 4 N–H and O–H groups in total. The molecule has 1 aromatic heterocycles. The SMILES string of the molecule is COc1ccc(N(N)/C=N\N)cc1C(=O)N(C)CC(CCN1CCC(C(=O)c2nc3ccccc3n2CCOCC(F)(F)F)CC1)c1ccc(F)cc1. The number of para-hydroxylation sites is 2. The number of hydrogen-bond acceptors (Lipinski definition) is 9. The number of fused-ring (bicyclic) bond motifs is 1. The van der Waals surface area contributed by atoms with Gasteiger partial charge in [0.25, 0.3) is 5.91 Å². The summed E-state index contributed by atoms with van der Waals surface area (Å²) in [5.41, 5.74) is 2.89. The molecule has 16 heteroatoms. The summed E-state index contributed by atoms with van der Waals surface area (Å²) in [5, 5.41) is 4.61. The number of likely N-dealkylation sites (tertiary alicyclic amines) is 1. The summed E-state index contributed by atoms with van der Waals surface area (Å²) in [4.78, 5) is 36.0. The Kier molecular flexibility index (Phi) is 13.0. The van der Waals surface area contributed by atoms with Crippen molar-refractivity contribution < 1.29 is 36.6 Å². The molecule has 1 aliphatic rings. The minimum atomic E-state index is -4.44. The number of imidazole rings is 1. The number of hydrogen-bond donors (Lipinski definition) is 2. The van der Waals surface area contributed by atoms with Crippen molar-refractivity contribution >= 4 is 34.7 Å². The van der Waals surface area contributed by atoms with Gasteiger partial charge in [0.15, 0.2) is 5.82 Å². The van der Waals surface area contributed by atoms with E-state index in [0.29, 0.717) is 73.5 Å². The highest BCUT2D eigenvalue weighted by Gasteiger charge is 2.31. The van der Waals surface area contributed by atoms with Gasteiger partial charge in [0, 0.05) is 32.0 Å². The molecule has 53 heavy (non-hydrogen) atoms. The predicted octanol–water partition coefficient (Wildman–Crippen LogP) is 5.19. The third kappa shape index (κ3) is 10.1. The molecule has 0 radical (unpaired) electrons. The van der Waals surface area contributed by atoms with Crippen LogP contribution in [0.4, 0.5) is 23.2 Å². The van der Waals surface area contributed by atoms with Gasteiger partial charge in [-0.1, -0.05) is 24.3 Å². The van der Waals surface area contributed by atoms with Crippen LogP contribution in [0.15, 0.2) is 71.8 Å². The minimum absolute atomic E-state index is 0.0605. The van der Waals surface area contributed by atoms with E-state index in [-0.39, 0.29) is 48.3 Å². The number of anilines is 1. The van der Waals surface area contributed by atoms with Crippen LogP contribution in [0.1, 0.15) is 51.7 Å². The number of Topliss-reactive ketones (excluding diaryl/α,β-unsaturated/α-hetero) is 1. The number of amides is 1. The van der Waals surface area contributed by atoms with Crippen LogP contribution in [0, 0.1) is 11.7 Å². The van der Waals surface area contributed by atoms with E-state index < -0.39 is 12.8 Å². The summed E-state index contributed by atoms with van der Waals surface area (Å²) in [5.74, 6) is 10.5. The lowest BCUT2D eigenvalue weighted by Gasteiger charge is -2.33. The molecule has 1 unspecified atom stereocenters. The number of alkyl halides is 3. The second kappa shape index (κ2) is 17.6. The average Bonchev–Trinajstić information content (AvgIpc) is 3.52. The van der Waals surface area contributed by atoms with Crippen molar-refractivity contribution in [2.75, 3.05) is 58.6 Å². The lowest BCUT2D eigenvalue weighted by molar-refractivity contribution is -0.174. The van der Waals surface area contributed by atoms with Crippen LogP contribution >= 0.6 is 0 Å². The van der Waals surface area contributed by atoms with Gasteiger partial charge in [-0.2, -0.15) is 18.3 Å². The Labute approximate surface area is 304 Å². The maximum absolute atomic E-state index is 13.9. The van der Waals surface area contributed by atoms with Crippen LogP contribution in [0.3, 0.4) is 0 Å². The number of methoxy groups -OCH3 is 1. The standard InChI is InChI=1S/C37H44F4N8O4/c1-46(36(51)30-21-29(49(43)24-44-42)11-12-33(30)52-2)22-27(25-7-9-28(38)10-8-25)15-18-47-16-13-26(14-17-47)34(50)35-45-31-5-3-4-6-32(31)48(35)19-20-53-23-37(39,40)41/h3-12,21,24,26-27H,13-20,22-23,42-43H2,1-2H3/b44-24-. The molecule has 4 aromatic rings. The third-order valence-corrected chi connectivity index (χ3v) is 9.44. The highest BCUT2D eigenvalue weighted by atomic mass is 19.4. The second-order valence-electron chi connectivity index (χ2n) is 13.0. The van der Waals surface area contributed by atoms with E-state index in [2.05, 4.69) is 15.0 Å². The lowest BCUT2D eigenvalue weighted by atomic mass is 9.90. The third-order valence-electron chi connectivity index (χ3n) is 9.44. The first kappa shape index (κ1) is 39.2. The van der Waals surface area contributed by atoms with Gasteiger partial charge >= 0.3 is 6.18 Å². The van der Waals surface area contributed by atoms with Crippen LogP contribution in [0.5, 0.6) is 5.75 Å². The number of ether oxygens (including phenoxy) is 2. The fourth-order valence-corrected chi connectivity index (χ4v) is 6.65. The zero-order valence-corrected chi connectivity index (χ0v) is 29.6. The highest BCUT2D eigenvalue weighted by molar-refractivity contribution is 5.99. The summed E-state index contributed by atoms with van der Waals surface area (Å²) in [6.45, 7) is 0.753. The molecule has 0 spiro atoms. The highest BCUT2D eigenvalue weighted by Crippen LogP contribution is 2.29. The Bertz CT molecular complexity index is 1880. The number of ketones is 1. The quantitative estimate of drug-likeness (QED) is 0.0302. The minimum Gasteiger partial charge on any atom is -0.496 e. The number of hydrazone groups is 1. The molecule has 1 amide bonds. The zero-order valence-electron chi connectivity index (χ0n) is 29.6. The number of halogens is 4. The van der Waals surface area contributed by atoms with Crippen LogP contribution in [-0.4, -0.2) is 97.1 Å². The number of hydrazine groups is 1. The molecule has 5 rings (SSSR count). The van der Waals surface area contributed by atoms with Crippen molar-refractivity contribution in [3.05, 3.63) is 89.5 Å². The number of benzene rings is 3. The Morgan fingerprint density at radius 3 is 2.47 bits per heavy atom. The van der Waals surface area contributed by atoms with Gasteiger partial charge in [0.1, 0.15) is 24.5 Å². The largest absolute Gasteiger partial charge is 0.496 e. The molecular weight excluding hydrogens is 696 g/mol. The monoisotopic (exact) mass is 740 g/mol. The van der Waals surface area contributed by atoms with Gasteiger partial charge in [-0.3, -0.25) is 14.6 Å². The average molecular weight is 741 g/mol. The molecule has 3 aromatic carbocycles. The fourth-order valence-electron chi connectivity index (χ4n) is 6.65. The summed E-state index contributed by atoms with van der Waals surface area (Å²) in [7, 11) is 3.17. The maximum atomic E-state index is 13.9. The Morgan fingerprint density at radius 1 is 1.08 bits per heavy atom. The van der Waals surface area contributed by atoms with Gasteiger partial charge in [0.05, 0.1) is 36.0 Å². The number of nitrogens with two attached hydrogens (primary N) is 2. The van der Waals surface area contributed by atoms with Crippen LogP contribution in [0.25, 0.3) is 11.0 Å². The first-order valence-electron chi connectivity index (χ1n) is 17.2. The Morgan fingerprint density at radius 2 is 1.79 bits per heavy atom. The molecular formula is C37H44F4N8O4. The van der Waals surface area contributed by atoms with E-state index >= 15 is 0 Å². The van der Waals surface area contributed by atoms with Crippen molar-refractivity contribution in [2.45, 2.75) is 37.9 Å². The molecule has 0 saturated carbocycles. The smallest absolute Gasteiger partial charge is 0.411 e. The number of aromatic nitrogens is 2. The summed E-state index contributed by atoms with van der Waals surface area (Å²) >= 11 is 0. The summed E-state index contributed by atoms with van der Waals surface area (Å²) < 4.78 is 63.8. The number of carbonyl (C=O) groups excluding carboxylic acids is 2. The van der Waals surface area contributed by atoms with Crippen LogP contribution in [0.2, 0.25) is 0 Å². The number of nitrogens with zero attached hydrogens (tertiary/aromatic N) is 6. The van der Waals surface area contributed by atoms with Crippen molar-refractivity contribution in [2.24, 2.45) is 22.7 Å². The van der Waals surface area contributed by atoms with E-state index in [0.717, 1.165) is 5.56 Å². The van der Waals surface area contributed by atoms with Gasteiger partial charge in [-0.25, -0.2) is 15.2 Å². The molecule has 12 nitrogen and oxygen atoms in total. The molecule has 2 heterocycles. The molecule has 1 saturated heterocycles. The molecule has 1 fully saturated rings. The molecule has 1 atom stereocenters. The van der Waals surface area contributed by atoms with Gasteiger partial charge in [-0.05, 0) is 86.9 Å². The van der Waals surface area contributed by atoms with Crippen molar-refractivity contribution in [1.29, 1.82) is 0 Å². The first-order valence-corrected chi connectivity index (χ1v) is 17.2. The fraction of sp³-hybridized carbons (Fsp3) is 0.405. The van der Waals surface area contributed by atoms with Gasteiger partial charge in [-0.15, -0.1) is 0 Å². The maximum Gasteiger partial charge on any atom is 0.411 e. The Hall–Kier alpha value is -5.06. The van der Waals surface area contributed by atoms with E-state index in [4.69, 9.17) is 21.2 Å². The molecule has 0 aliphatic carbocycles.